The average molecular weight is 1690 g/mol. The van der Waals surface area contributed by atoms with Gasteiger partial charge in [0.15, 0.2) is 0 Å². The van der Waals surface area contributed by atoms with Crippen molar-refractivity contribution < 1.29 is 74.3 Å². The van der Waals surface area contributed by atoms with E-state index in [1.165, 1.54) is 122 Å². The average Bonchev–Trinajstić information content (AvgIpc) is 1.76. The van der Waals surface area contributed by atoms with Gasteiger partial charge in [0, 0.05) is 34.1 Å². The first-order chi connectivity index (χ1) is 53.2. The van der Waals surface area contributed by atoms with Gasteiger partial charge in [-0.1, -0.05) is 265 Å². The van der Waals surface area contributed by atoms with Crippen molar-refractivity contribution in [1.82, 2.24) is 0 Å². The number of hydrogen-bond acceptors (Lipinski definition) is 2. The summed E-state index contributed by atoms with van der Waals surface area (Å²) in [5.41, 5.74) is 10.8. The van der Waals surface area contributed by atoms with Gasteiger partial charge in [-0.25, -0.2) is 4.39 Å². The molecule has 4 aliphatic carbocycles. The minimum absolute atomic E-state index is 0. The molecule has 0 bridgehead atoms. The number of alkyl halides is 7. The normalized spacial score (nSPS) is 17.5. The molecule has 0 amide bonds. The van der Waals surface area contributed by atoms with Gasteiger partial charge in [0.1, 0.15) is 18.2 Å². The largest absolute Gasteiger partial charge is 0.496 e. The van der Waals surface area contributed by atoms with E-state index in [4.69, 9.17) is 9.47 Å². The van der Waals surface area contributed by atoms with Crippen LogP contribution in [0.5, 0.6) is 11.5 Å². The van der Waals surface area contributed by atoms with E-state index in [0.29, 0.717) is 28.4 Å². The van der Waals surface area contributed by atoms with E-state index in [0.717, 1.165) is 98.8 Å². The van der Waals surface area contributed by atoms with Gasteiger partial charge in [-0.05, 0) is 307 Å². The maximum atomic E-state index is 14.3. The predicted molar refractivity (Wildman–Crippen MR) is 464 cm³/mol. The SMILES string of the molecule is C1CCCC1.C1CCCC1.COc1c(C)cc(P(c2cc(C)c(OC)c(C)c2)c2ccccc2C2CCCC2[C@@H](C)P(c2cc(C)cc(C(F)(F)F)c2)c2cc(CF)cc(C(F)(F)F)c2)cc1C.Cc1cc(C)cc(P(c2cc(C)cc(C)c2)[C@H](C)C2CCCC2c2ccccc2P(c2ccccc2)c2ccccc2)c1.[Fe].[Fe]. The van der Waals surface area contributed by atoms with Crippen LogP contribution in [0.25, 0.3) is 0 Å². The molecule has 5 unspecified atom stereocenters. The van der Waals surface area contributed by atoms with Gasteiger partial charge in [0.2, 0.25) is 0 Å². The molecule has 14 rings (SSSR count). The molecule has 4 fully saturated rings. The minimum atomic E-state index is -4.77. The minimum Gasteiger partial charge on any atom is -0.496 e. The van der Waals surface area contributed by atoms with E-state index in [-0.39, 0.29) is 62.5 Å². The van der Waals surface area contributed by atoms with Crippen LogP contribution >= 0.6 is 31.7 Å². The van der Waals surface area contributed by atoms with Crippen molar-refractivity contribution in [1.29, 1.82) is 0 Å². The molecule has 0 spiro atoms. The fraction of sp³-hybridized carbons (Fsp3) is 0.388. The first-order valence-electron chi connectivity index (χ1n) is 40.1. The smallest absolute Gasteiger partial charge is 0.416 e. The molecule has 0 saturated heterocycles. The molecule has 2 nitrogen and oxygen atoms in total. The van der Waals surface area contributed by atoms with Crippen LogP contribution in [-0.2, 0) is 53.2 Å². The standard InChI is InChI=1S/C47H49F7O2P2.C41H44P2.2C5H10.2Fe/c1-27-16-34(46(49,50)51)24-36(17-27)57(39-23-33(26-48)22-35(25-39)47(52,53)54)32(6)40-13-11-14-41(40)42-12-9-10-15-43(42)58(37-18-28(2)44(55-7)29(3)19-37)38-20-30(4)45(56-8)31(5)21-38;1-29-23-30(2)26-36(25-29)42(37-27-31(3)24-32(4)28-37)33(5)38-20-14-21-39(38)40-19-12-13-22-41(40)43(34-15-8-6-9-16-34)35-17-10-7-11-18-35;2*1-2-4-5-3-1;;/h9-10,12,15-25,32,40-41H,11,13-14,26H2,1-8H3;6-13,15-19,22-28,33,38-39H,14,20-21H2,1-5H3;2*1-5H2;;/t32-,40?,41?,57?;33-,38?,39?;;;;/m11..../s1. The van der Waals surface area contributed by atoms with E-state index in [2.05, 4.69) is 192 Å². The Morgan fingerprint density at radius 3 is 0.973 bits per heavy atom. The van der Waals surface area contributed by atoms with Crippen LogP contribution < -0.4 is 62.5 Å². The zero-order valence-corrected chi connectivity index (χ0v) is 73.9. The molecule has 113 heavy (non-hydrogen) atoms. The Balaban J connectivity index is 0.000000233. The summed E-state index contributed by atoms with van der Waals surface area (Å²) in [7, 11) is -0.822. The van der Waals surface area contributed by atoms with E-state index < -0.39 is 61.8 Å². The predicted octanol–water partition coefficient (Wildman–Crippen LogP) is 24.9. The molecule has 602 valence electrons. The molecule has 0 aliphatic heterocycles. The Bertz CT molecular complexity index is 4470. The van der Waals surface area contributed by atoms with Crippen molar-refractivity contribution in [3.63, 3.8) is 0 Å². The fourth-order valence-corrected chi connectivity index (χ4v) is 30.3. The summed E-state index contributed by atoms with van der Waals surface area (Å²) in [6.07, 6.45) is 11.9. The van der Waals surface area contributed by atoms with Crippen LogP contribution in [-0.4, -0.2) is 25.5 Å². The molecule has 10 aromatic rings. The third kappa shape index (κ3) is 22.9. The number of ether oxygens (including phenoxy) is 2. The van der Waals surface area contributed by atoms with Crippen LogP contribution in [0.1, 0.15) is 206 Å². The number of halogens is 7. The van der Waals surface area contributed by atoms with Gasteiger partial charge in [0.25, 0.3) is 0 Å². The summed E-state index contributed by atoms with van der Waals surface area (Å²) in [4.78, 5) is 0. The van der Waals surface area contributed by atoms with Gasteiger partial charge in [0.05, 0.1) is 25.3 Å². The first kappa shape index (κ1) is 91.0. The first-order valence-corrected chi connectivity index (χ1v) is 45.6. The molecule has 7 atom stereocenters. The monoisotopic (exact) mass is 1690 g/mol. The summed E-state index contributed by atoms with van der Waals surface area (Å²) in [6, 6.07) is 70.7. The van der Waals surface area contributed by atoms with E-state index >= 15 is 0 Å². The van der Waals surface area contributed by atoms with Gasteiger partial charge in [-0.2, -0.15) is 26.3 Å². The molecule has 15 heteroatoms. The summed E-state index contributed by atoms with van der Waals surface area (Å²) in [6.45, 7) is 22.2. The Morgan fingerprint density at radius 2 is 0.637 bits per heavy atom. The van der Waals surface area contributed by atoms with Gasteiger partial charge < -0.3 is 9.47 Å². The van der Waals surface area contributed by atoms with Gasteiger partial charge in [-0.3, -0.25) is 0 Å². The van der Waals surface area contributed by atoms with Crippen molar-refractivity contribution >= 4 is 84.7 Å². The van der Waals surface area contributed by atoms with Crippen LogP contribution in [0.4, 0.5) is 30.7 Å². The topological polar surface area (TPSA) is 18.5 Å². The van der Waals surface area contributed by atoms with E-state index in [1.807, 2.05) is 46.8 Å². The van der Waals surface area contributed by atoms with Crippen LogP contribution in [0.3, 0.4) is 0 Å². The number of rotatable bonds is 19. The summed E-state index contributed by atoms with van der Waals surface area (Å²) < 4.78 is 112. The third-order valence-electron chi connectivity index (χ3n) is 23.1. The second-order valence-electron chi connectivity index (χ2n) is 31.6. The number of aryl methyl sites for hydroxylation is 9. The maximum absolute atomic E-state index is 14.3. The number of methoxy groups -OCH3 is 2. The van der Waals surface area contributed by atoms with E-state index in [1.54, 1.807) is 48.7 Å². The Labute approximate surface area is 696 Å². The van der Waals surface area contributed by atoms with Crippen molar-refractivity contribution in [3.05, 3.63) is 284 Å². The zero-order chi connectivity index (χ0) is 79.3. The van der Waals surface area contributed by atoms with Crippen molar-refractivity contribution in [2.45, 2.75) is 221 Å². The molecule has 4 saturated carbocycles. The summed E-state index contributed by atoms with van der Waals surface area (Å²) in [5.74, 6) is 2.73. The van der Waals surface area contributed by atoms with Gasteiger partial charge in [-0.15, -0.1) is 0 Å². The summed E-state index contributed by atoms with van der Waals surface area (Å²) in [5, 5.41) is 11.5. The molecule has 0 aromatic heterocycles. The van der Waals surface area contributed by atoms with E-state index in [9.17, 15) is 30.7 Å². The molecule has 0 N–H and O–H groups in total. The third-order valence-corrected chi connectivity index (χ3v) is 33.7. The number of hydrogen-bond donors (Lipinski definition) is 0. The quantitative estimate of drug-likeness (QED) is 0.0456. The molecule has 10 aromatic carbocycles. The second kappa shape index (κ2) is 42.0. The van der Waals surface area contributed by atoms with Crippen LogP contribution in [0.2, 0.25) is 0 Å². The van der Waals surface area contributed by atoms with Gasteiger partial charge >= 0.3 is 12.4 Å². The number of benzene rings is 10. The molecule has 0 radical (unpaired) electrons. The molecular weight excluding hydrogens is 1580 g/mol. The fourth-order valence-electron chi connectivity index (χ4n) is 18.4. The zero-order valence-electron chi connectivity index (χ0n) is 68.1. The van der Waals surface area contributed by atoms with Crippen molar-refractivity contribution in [2.24, 2.45) is 11.8 Å². The van der Waals surface area contributed by atoms with Crippen LogP contribution in [0.15, 0.2) is 206 Å². The molecule has 0 heterocycles. The van der Waals surface area contributed by atoms with Crippen LogP contribution in [0, 0.1) is 74.1 Å². The molecular formula is C98H113F7Fe2O2P4. The van der Waals surface area contributed by atoms with Crippen molar-refractivity contribution in [3.8, 4) is 11.5 Å². The molecule has 4 aliphatic rings. The Morgan fingerprint density at radius 1 is 0.336 bits per heavy atom. The Hall–Kier alpha value is -5.93. The second-order valence-corrected chi connectivity index (χ2v) is 41.2. The maximum Gasteiger partial charge on any atom is 0.416 e. The Kier molecular flexibility index (Phi) is 33.8. The van der Waals surface area contributed by atoms with Crippen molar-refractivity contribution in [2.75, 3.05) is 14.2 Å². The summed E-state index contributed by atoms with van der Waals surface area (Å²) >= 11 is 0.